The summed E-state index contributed by atoms with van der Waals surface area (Å²) in [5.74, 6) is 0. The van der Waals surface area contributed by atoms with Crippen molar-refractivity contribution in [3.63, 3.8) is 0 Å². The molecular formula is C16H18F3NS. The first-order chi connectivity index (χ1) is 9.77. The smallest absolute Gasteiger partial charge is 0.306 e. The molecule has 0 aliphatic carbocycles. The van der Waals surface area contributed by atoms with Crippen LogP contribution in [0.5, 0.6) is 0 Å². The number of halogens is 3. The van der Waals surface area contributed by atoms with Gasteiger partial charge in [-0.1, -0.05) is 12.1 Å². The lowest BCUT2D eigenvalue weighted by Crippen LogP contribution is -2.18. The van der Waals surface area contributed by atoms with E-state index in [0.29, 0.717) is 0 Å². The maximum atomic E-state index is 12.5. The quantitative estimate of drug-likeness (QED) is 0.814. The summed E-state index contributed by atoms with van der Waals surface area (Å²) in [6.45, 7) is 6.83. The van der Waals surface area contributed by atoms with Crippen LogP contribution in [-0.2, 0) is 12.7 Å². The van der Waals surface area contributed by atoms with Gasteiger partial charge in [0.1, 0.15) is 0 Å². The van der Waals surface area contributed by atoms with E-state index in [9.17, 15) is 13.2 Å². The van der Waals surface area contributed by atoms with Gasteiger partial charge in [0.05, 0.1) is 5.56 Å². The summed E-state index contributed by atoms with van der Waals surface area (Å²) in [5.41, 5.74) is 1.49. The molecule has 1 heterocycles. The molecule has 0 aliphatic rings. The fraction of sp³-hybridized carbons (Fsp3) is 0.375. The summed E-state index contributed by atoms with van der Waals surface area (Å²) in [7, 11) is 0. The van der Waals surface area contributed by atoms with Crippen molar-refractivity contribution in [3.05, 3.63) is 56.8 Å². The number of hydrogen-bond donors (Lipinski definition) is 1. The van der Waals surface area contributed by atoms with E-state index < -0.39 is 11.7 Å². The lowest BCUT2D eigenvalue weighted by molar-refractivity contribution is -0.137. The van der Waals surface area contributed by atoms with Crippen molar-refractivity contribution in [2.45, 2.75) is 39.5 Å². The lowest BCUT2D eigenvalue weighted by Gasteiger charge is -2.15. The van der Waals surface area contributed by atoms with Gasteiger partial charge >= 0.3 is 6.18 Å². The molecule has 0 bridgehead atoms. The minimum atomic E-state index is -4.28. The zero-order valence-electron chi connectivity index (χ0n) is 12.2. The van der Waals surface area contributed by atoms with E-state index in [1.165, 1.54) is 27.5 Å². The lowest BCUT2D eigenvalue weighted by atomic mass is 10.1. The zero-order chi connectivity index (χ0) is 15.6. The van der Waals surface area contributed by atoms with Crippen LogP contribution in [0.15, 0.2) is 30.3 Å². The summed E-state index contributed by atoms with van der Waals surface area (Å²) in [6.07, 6.45) is -4.28. The average Bonchev–Trinajstić information content (AvgIpc) is 2.73. The highest BCUT2D eigenvalue weighted by Crippen LogP contribution is 2.30. The molecule has 0 spiro atoms. The van der Waals surface area contributed by atoms with Crippen LogP contribution < -0.4 is 5.32 Å². The second-order valence-electron chi connectivity index (χ2n) is 5.16. The standard InChI is InChI=1S/C16H18F3NS/c1-10-8-14(12(3)21-10)9-20-11(2)13-4-6-15(7-5-13)16(17,18)19/h4-8,11,20H,9H2,1-3H3. The Morgan fingerprint density at radius 1 is 1.14 bits per heavy atom. The summed E-state index contributed by atoms with van der Waals surface area (Å²) < 4.78 is 37.6. The molecule has 2 rings (SSSR count). The minimum absolute atomic E-state index is 0.00638. The van der Waals surface area contributed by atoms with Crippen molar-refractivity contribution < 1.29 is 13.2 Å². The van der Waals surface area contributed by atoms with Crippen LogP contribution in [0.1, 0.15) is 39.4 Å². The van der Waals surface area contributed by atoms with E-state index >= 15 is 0 Å². The highest BCUT2D eigenvalue weighted by atomic mass is 32.1. The van der Waals surface area contributed by atoms with Gasteiger partial charge in [0.15, 0.2) is 0 Å². The SMILES string of the molecule is Cc1cc(CNC(C)c2ccc(C(F)(F)F)cc2)c(C)s1. The Hall–Kier alpha value is -1.33. The number of hydrogen-bond acceptors (Lipinski definition) is 2. The van der Waals surface area contributed by atoms with Crippen LogP contribution in [0.2, 0.25) is 0 Å². The van der Waals surface area contributed by atoms with Gasteiger partial charge in [0.2, 0.25) is 0 Å². The van der Waals surface area contributed by atoms with Crippen molar-refractivity contribution in [1.82, 2.24) is 5.32 Å². The Kier molecular flexibility index (Phi) is 4.74. The highest BCUT2D eigenvalue weighted by Gasteiger charge is 2.30. The van der Waals surface area contributed by atoms with Crippen LogP contribution >= 0.6 is 11.3 Å². The Morgan fingerprint density at radius 3 is 2.24 bits per heavy atom. The third-order valence-electron chi connectivity index (χ3n) is 3.48. The normalized spacial score (nSPS) is 13.4. The first-order valence-corrected chi connectivity index (χ1v) is 7.55. The van der Waals surface area contributed by atoms with Gasteiger partial charge in [0.25, 0.3) is 0 Å². The van der Waals surface area contributed by atoms with Crippen molar-refractivity contribution in [2.75, 3.05) is 0 Å². The predicted molar refractivity (Wildman–Crippen MR) is 80.5 cm³/mol. The average molecular weight is 313 g/mol. The zero-order valence-corrected chi connectivity index (χ0v) is 13.0. The van der Waals surface area contributed by atoms with E-state index in [0.717, 1.165) is 24.2 Å². The molecule has 1 nitrogen and oxygen atoms in total. The molecule has 1 N–H and O–H groups in total. The van der Waals surface area contributed by atoms with Gasteiger partial charge < -0.3 is 5.32 Å². The van der Waals surface area contributed by atoms with Gasteiger partial charge in [-0.3, -0.25) is 0 Å². The van der Waals surface area contributed by atoms with Crippen LogP contribution in [0, 0.1) is 13.8 Å². The molecular weight excluding hydrogens is 295 g/mol. The number of nitrogens with one attached hydrogen (secondary N) is 1. The second-order valence-corrected chi connectivity index (χ2v) is 6.62. The van der Waals surface area contributed by atoms with Gasteiger partial charge in [-0.05, 0) is 50.1 Å². The van der Waals surface area contributed by atoms with Gasteiger partial charge in [-0.25, -0.2) is 0 Å². The molecule has 2 aromatic rings. The monoisotopic (exact) mass is 313 g/mol. The van der Waals surface area contributed by atoms with Crippen LogP contribution in [0.4, 0.5) is 13.2 Å². The molecule has 0 saturated heterocycles. The molecule has 1 unspecified atom stereocenters. The van der Waals surface area contributed by atoms with Crippen LogP contribution in [-0.4, -0.2) is 0 Å². The minimum Gasteiger partial charge on any atom is -0.306 e. The molecule has 1 atom stereocenters. The van der Waals surface area contributed by atoms with Crippen molar-refractivity contribution >= 4 is 11.3 Å². The maximum Gasteiger partial charge on any atom is 0.416 e. The molecule has 0 amide bonds. The van der Waals surface area contributed by atoms with Gasteiger partial charge in [-0.15, -0.1) is 11.3 Å². The summed E-state index contributed by atoms with van der Waals surface area (Å²) in [6, 6.07) is 7.48. The number of rotatable bonds is 4. The van der Waals surface area contributed by atoms with Crippen molar-refractivity contribution in [2.24, 2.45) is 0 Å². The second kappa shape index (κ2) is 6.20. The van der Waals surface area contributed by atoms with Gasteiger partial charge in [0, 0.05) is 22.3 Å². The Morgan fingerprint density at radius 2 is 1.76 bits per heavy atom. The Labute approximate surface area is 126 Å². The molecule has 21 heavy (non-hydrogen) atoms. The molecule has 0 radical (unpaired) electrons. The molecule has 5 heteroatoms. The highest BCUT2D eigenvalue weighted by molar-refractivity contribution is 7.12. The largest absolute Gasteiger partial charge is 0.416 e. The topological polar surface area (TPSA) is 12.0 Å². The van der Waals surface area contributed by atoms with Crippen LogP contribution in [0.3, 0.4) is 0 Å². The van der Waals surface area contributed by atoms with E-state index in [4.69, 9.17) is 0 Å². The Bertz CT molecular complexity index is 599. The summed E-state index contributed by atoms with van der Waals surface area (Å²) >= 11 is 1.76. The summed E-state index contributed by atoms with van der Waals surface area (Å²) in [4.78, 5) is 2.55. The first kappa shape index (κ1) is 16.0. The van der Waals surface area contributed by atoms with E-state index in [-0.39, 0.29) is 6.04 Å². The van der Waals surface area contributed by atoms with E-state index in [2.05, 4.69) is 25.2 Å². The third kappa shape index (κ3) is 4.08. The summed E-state index contributed by atoms with van der Waals surface area (Å²) in [5, 5.41) is 3.35. The van der Waals surface area contributed by atoms with Crippen LogP contribution in [0.25, 0.3) is 0 Å². The van der Waals surface area contributed by atoms with E-state index in [1.807, 2.05) is 6.92 Å². The number of benzene rings is 1. The number of thiophene rings is 1. The molecule has 0 saturated carbocycles. The molecule has 114 valence electrons. The maximum absolute atomic E-state index is 12.5. The number of alkyl halides is 3. The van der Waals surface area contributed by atoms with Gasteiger partial charge in [-0.2, -0.15) is 13.2 Å². The number of aryl methyl sites for hydroxylation is 2. The fourth-order valence-electron chi connectivity index (χ4n) is 2.20. The fourth-order valence-corrected chi connectivity index (χ4v) is 3.15. The van der Waals surface area contributed by atoms with Crippen molar-refractivity contribution in [1.29, 1.82) is 0 Å². The third-order valence-corrected chi connectivity index (χ3v) is 4.49. The van der Waals surface area contributed by atoms with Crippen molar-refractivity contribution in [3.8, 4) is 0 Å². The van der Waals surface area contributed by atoms with E-state index in [1.54, 1.807) is 11.3 Å². The molecule has 0 fully saturated rings. The Balaban J connectivity index is 2.00. The first-order valence-electron chi connectivity index (χ1n) is 6.74. The molecule has 1 aromatic carbocycles. The molecule has 0 aliphatic heterocycles. The predicted octanol–water partition coefficient (Wildman–Crippen LogP) is 5.23. The molecule has 1 aromatic heterocycles.